The minimum Gasteiger partial charge on any atom is -0.480 e. The average molecular weight is 420 g/mol. The number of aromatic amines is 1. The van der Waals surface area contributed by atoms with Crippen LogP contribution in [0.2, 0.25) is 0 Å². The van der Waals surface area contributed by atoms with Gasteiger partial charge in [0.25, 0.3) is 11.6 Å². The Morgan fingerprint density at radius 3 is 3.04 bits per heavy atom. The van der Waals surface area contributed by atoms with E-state index in [0.29, 0.717) is 12.1 Å². The Bertz CT molecular complexity index is 893. The molecule has 2 saturated heterocycles. The van der Waals surface area contributed by atoms with Gasteiger partial charge in [-0.15, -0.1) is 0 Å². The average Bonchev–Trinajstić information content (AvgIpc) is 3.26. The summed E-state index contributed by atoms with van der Waals surface area (Å²) in [5, 5.41) is 9.58. The molecule has 4 heterocycles. The van der Waals surface area contributed by atoms with Gasteiger partial charge < -0.3 is 14.4 Å². The molecule has 2 fully saturated rings. The molecule has 0 radical (unpaired) electrons. The van der Waals surface area contributed by atoms with E-state index in [1.165, 1.54) is 6.33 Å². The number of aromatic hydroxyl groups is 1. The third-order valence-corrected chi connectivity index (χ3v) is 13.9. The van der Waals surface area contributed by atoms with Crippen LogP contribution in [-0.4, -0.2) is 48.3 Å². The maximum absolute atomic E-state index is 11.9. The summed E-state index contributed by atoms with van der Waals surface area (Å²) in [6, 6.07) is -0.439. The van der Waals surface area contributed by atoms with Crippen molar-refractivity contribution in [1.82, 2.24) is 19.5 Å². The quantitative estimate of drug-likeness (QED) is 0.723. The van der Waals surface area contributed by atoms with Crippen LogP contribution >= 0.6 is 27.4 Å². The van der Waals surface area contributed by atoms with Crippen molar-refractivity contribution in [3.63, 3.8) is 0 Å². The lowest BCUT2D eigenvalue weighted by molar-refractivity contribution is -0.0125. The topological polar surface area (TPSA) is 102 Å². The number of ether oxygens (including phenoxy) is 1. The minimum atomic E-state index is -1.89. The molecule has 2 aliphatic heterocycles. The first-order valence-corrected chi connectivity index (χ1v) is 13.8. The zero-order valence-electron chi connectivity index (χ0n) is 13.3. The third kappa shape index (κ3) is 3.38. The Balaban J connectivity index is 1.62. The predicted octanol–water partition coefficient (Wildman–Crippen LogP) is 2.61. The van der Waals surface area contributed by atoms with E-state index >= 15 is 0 Å². The van der Waals surface area contributed by atoms with Crippen LogP contribution in [0.3, 0.4) is 0 Å². The van der Waals surface area contributed by atoms with E-state index < -0.39 is 16.2 Å². The molecule has 2 aromatic rings. The highest BCUT2D eigenvalue weighted by Crippen LogP contribution is 2.75. The Labute approximate surface area is 156 Å². The molecule has 12 heteroatoms. The molecule has 4 rings (SSSR count). The van der Waals surface area contributed by atoms with Gasteiger partial charge in [0.2, 0.25) is 0 Å². The third-order valence-electron chi connectivity index (χ3n) is 4.16. The smallest absolute Gasteiger partial charge is 0.296 e. The minimum absolute atomic E-state index is 0.0698. The fourth-order valence-electron chi connectivity index (χ4n) is 3.03. The van der Waals surface area contributed by atoms with Gasteiger partial charge in [-0.3, -0.25) is 14.3 Å². The van der Waals surface area contributed by atoms with Crippen molar-refractivity contribution in [2.75, 3.05) is 11.5 Å². The van der Waals surface area contributed by atoms with Gasteiger partial charge in [-0.25, -0.2) is 4.98 Å². The second-order valence-corrected chi connectivity index (χ2v) is 16.4. The number of H-pyrrole nitrogens is 1. The molecule has 2 N–H and O–H groups in total. The second kappa shape index (κ2) is 6.86. The molecule has 8 nitrogen and oxygen atoms in total. The van der Waals surface area contributed by atoms with Crippen LogP contribution in [0.25, 0.3) is 11.2 Å². The highest BCUT2D eigenvalue weighted by molar-refractivity contribution is 9.00. The fraction of sp³-hybridized carbons (Fsp3) is 0.615. The second-order valence-electron chi connectivity index (χ2n) is 5.74. The van der Waals surface area contributed by atoms with Crippen molar-refractivity contribution >= 4 is 50.4 Å². The van der Waals surface area contributed by atoms with Crippen LogP contribution in [0.5, 0.6) is 6.01 Å². The van der Waals surface area contributed by atoms with Crippen molar-refractivity contribution in [2.45, 2.75) is 38.2 Å². The molecule has 0 aromatic carbocycles. The summed E-state index contributed by atoms with van der Waals surface area (Å²) in [5.41, 5.74) is -0.00417. The molecule has 0 spiro atoms. The van der Waals surface area contributed by atoms with Crippen molar-refractivity contribution < 1.29 is 14.4 Å². The van der Waals surface area contributed by atoms with Crippen LogP contribution in [-0.2, 0) is 21.1 Å². The van der Waals surface area contributed by atoms with Crippen LogP contribution in [0.1, 0.15) is 26.0 Å². The van der Waals surface area contributed by atoms with E-state index in [1.54, 1.807) is 27.3 Å². The van der Waals surface area contributed by atoms with E-state index in [9.17, 15) is 9.90 Å². The number of fused-ring (bicyclic) bond motifs is 1. The first-order chi connectivity index (χ1) is 12.0. The number of nitrogens with zero attached hydrogens (tertiary/aromatic N) is 3. The summed E-state index contributed by atoms with van der Waals surface area (Å²) < 4.78 is 12.2. The molecular weight excluding hydrogens is 403 g/mol. The molecule has 0 aliphatic carbocycles. The monoisotopic (exact) mass is 420 g/mol. The van der Waals surface area contributed by atoms with Crippen LogP contribution in [0.4, 0.5) is 0 Å². The molecule has 2 aromatic heterocycles. The Hall–Kier alpha value is -0.580. The van der Waals surface area contributed by atoms with Crippen LogP contribution in [0.15, 0.2) is 11.1 Å². The van der Waals surface area contributed by atoms with E-state index in [1.807, 2.05) is 6.92 Å². The van der Waals surface area contributed by atoms with Crippen molar-refractivity contribution in [1.29, 1.82) is 0 Å². The van der Waals surface area contributed by atoms with Crippen molar-refractivity contribution in [3.05, 3.63) is 16.7 Å². The van der Waals surface area contributed by atoms with E-state index in [4.69, 9.17) is 21.1 Å². The first kappa shape index (κ1) is 17.8. The van der Waals surface area contributed by atoms with Gasteiger partial charge in [-0.1, -0.05) is 29.7 Å². The number of aromatic nitrogens is 4. The Kier molecular flexibility index (Phi) is 4.89. The zero-order chi connectivity index (χ0) is 17.6. The van der Waals surface area contributed by atoms with Crippen LogP contribution < -0.4 is 5.56 Å². The molecule has 0 saturated carbocycles. The summed E-state index contributed by atoms with van der Waals surface area (Å²) >= 11 is 9.20. The lowest BCUT2D eigenvalue weighted by Gasteiger charge is -2.22. The largest absolute Gasteiger partial charge is 0.480 e. The van der Waals surface area contributed by atoms with E-state index in [2.05, 4.69) is 15.0 Å². The number of rotatable bonds is 4. The Morgan fingerprint density at radius 1 is 1.56 bits per heavy atom. The van der Waals surface area contributed by atoms with Gasteiger partial charge in [0.1, 0.15) is 6.23 Å². The van der Waals surface area contributed by atoms with Crippen molar-refractivity contribution in [3.8, 4) is 6.01 Å². The van der Waals surface area contributed by atoms with Gasteiger partial charge in [-0.05, 0) is 18.2 Å². The molecule has 0 amide bonds. The van der Waals surface area contributed by atoms with Gasteiger partial charge in [0.05, 0.1) is 18.5 Å². The molecular formula is C13H17N4O4PS3. The van der Waals surface area contributed by atoms with E-state index in [0.717, 1.165) is 17.9 Å². The lowest BCUT2D eigenvalue weighted by Crippen LogP contribution is -2.21. The Morgan fingerprint density at radius 2 is 2.32 bits per heavy atom. The summed E-state index contributed by atoms with van der Waals surface area (Å²) in [4.78, 5) is 22.2. The molecule has 136 valence electrons. The van der Waals surface area contributed by atoms with Gasteiger partial charge in [-0.2, -0.15) is 4.98 Å². The summed E-state index contributed by atoms with van der Waals surface area (Å²) in [6.07, 6.45) is 2.42. The van der Waals surface area contributed by atoms with Gasteiger partial charge in [0.15, 0.2) is 15.8 Å². The van der Waals surface area contributed by atoms with Gasteiger partial charge in [0, 0.05) is 17.9 Å². The number of imidazole rings is 1. The standard InChI is InChI=1S/C13H17N4O4PS3/c1-2-7-8(21-22(23)24-3-4-25-22)5-9(20-7)17-6-14-10-11(17)15-13(19)16-12(10)18/h6-9H,2-5H2,1H3,(H2,15,16,18,19)/t7-,8+,9-/m1/s1. The number of hydrogen-bond donors (Lipinski definition) is 2. The van der Waals surface area contributed by atoms with Crippen LogP contribution in [0, 0.1) is 0 Å². The summed E-state index contributed by atoms with van der Waals surface area (Å²) in [6.45, 7) is 2.05. The van der Waals surface area contributed by atoms with E-state index in [-0.39, 0.29) is 24.0 Å². The maximum atomic E-state index is 11.9. The maximum Gasteiger partial charge on any atom is 0.296 e. The number of hydrogen-bond acceptors (Lipinski definition) is 9. The molecule has 0 bridgehead atoms. The molecule has 3 atom stereocenters. The summed E-state index contributed by atoms with van der Waals surface area (Å²) in [7, 11) is 0. The lowest BCUT2D eigenvalue weighted by atomic mass is 10.1. The number of nitrogens with one attached hydrogen (secondary N) is 1. The highest BCUT2D eigenvalue weighted by Gasteiger charge is 2.41. The molecule has 2 aliphatic rings. The van der Waals surface area contributed by atoms with Crippen molar-refractivity contribution in [2.24, 2.45) is 0 Å². The highest BCUT2D eigenvalue weighted by atomic mass is 33.2. The molecule has 25 heavy (non-hydrogen) atoms. The predicted molar refractivity (Wildman–Crippen MR) is 103 cm³/mol. The SMILES string of the molecule is CC[C@H]1O[C@@H](n2cnc3c(=O)[nH]c(O)nc32)C[C@@H]1OP1(=S)SCCS1. The normalized spacial score (nSPS) is 28.8. The zero-order valence-corrected chi connectivity index (χ0v) is 16.7. The molecule has 0 unspecified atom stereocenters. The summed E-state index contributed by atoms with van der Waals surface area (Å²) in [5.74, 6) is 2.07. The fourth-order valence-corrected chi connectivity index (χ4v) is 12.4. The first-order valence-electron chi connectivity index (χ1n) is 7.88. The van der Waals surface area contributed by atoms with Gasteiger partial charge >= 0.3 is 0 Å².